The normalized spacial score (nSPS) is 12.7. The Hall–Kier alpha value is -1.86. The molecule has 0 N–H and O–H groups in total. The van der Waals surface area contributed by atoms with Gasteiger partial charge in [0.1, 0.15) is 11.5 Å². The highest BCUT2D eigenvalue weighted by molar-refractivity contribution is 8.64. The molecule has 5 nitrogen and oxygen atoms in total. The molecule has 0 aliphatic carbocycles. The van der Waals surface area contributed by atoms with Crippen molar-refractivity contribution in [2.45, 2.75) is 9.79 Å². The minimum Gasteiger partial charge on any atom is -0.497 e. The van der Waals surface area contributed by atoms with Crippen LogP contribution in [-0.2, 0) is 18.7 Å². The first-order valence-electron chi connectivity index (χ1n) is 5.94. The van der Waals surface area contributed by atoms with Crippen molar-refractivity contribution in [3.8, 4) is 11.5 Å². The van der Waals surface area contributed by atoms with E-state index in [0.717, 1.165) is 0 Å². The fraction of sp³-hybridized carbons (Fsp3) is 0.143. The van der Waals surface area contributed by atoms with Crippen LogP contribution in [0.15, 0.2) is 58.3 Å². The number of ether oxygens (including phenoxy) is 2. The molecule has 0 heterocycles. The van der Waals surface area contributed by atoms with Gasteiger partial charge in [-0.15, -0.1) is 0 Å². The van der Waals surface area contributed by atoms with E-state index in [4.69, 9.17) is 9.47 Å². The molecule has 0 fully saturated rings. The third-order valence-corrected chi connectivity index (χ3v) is 7.05. The molecule has 7 heteroatoms. The van der Waals surface area contributed by atoms with Gasteiger partial charge in [0, 0.05) is 0 Å². The van der Waals surface area contributed by atoms with E-state index in [2.05, 4.69) is 0 Å². The van der Waals surface area contributed by atoms with Crippen LogP contribution in [0.5, 0.6) is 11.5 Å². The molecule has 1 atom stereocenters. The number of rotatable bonds is 5. The summed E-state index contributed by atoms with van der Waals surface area (Å²) in [5.41, 5.74) is 0. The molecule has 0 aliphatic rings. The third-order valence-electron chi connectivity index (χ3n) is 2.80. The highest BCUT2D eigenvalue weighted by Gasteiger charge is 2.24. The molecule has 2 aromatic rings. The fourth-order valence-corrected chi connectivity index (χ4v) is 4.85. The average Bonchev–Trinajstić information content (AvgIpc) is 2.54. The Morgan fingerprint density at radius 1 is 0.810 bits per heavy atom. The van der Waals surface area contributed by atoms with Gasteiger partial charge in [-0.3, -0.25) is 0 Å². The maximum Gasteiger partial charge on any atom is 0.262 e. The highest BCUT2D eigenvalue weighted by Crippen LogP contribution is 2.24. The summed E-state index contributed by atoms with van der Waals surface area (Å²) in [5.74, 6) is 1.10. The molecule has 1 unspecified atom stereocenters. The van der Waals surface area contributed by atoms with Crippen molar-refractivity contribution in [1.29, 1.82) is 0 Å². The summed E-state index contributed by atoms with van der Waals surface area (Å²) in [5, 5.41) is 0. The Bertz CT molecular complexity index is 734. The molecule has 112 valence electrons. The van der Waals surface area contributed by atoms with Gasteiger partial charge in [-0.25, -0.2) is 12.6 Å². The van der Waals surface area contributed by atoms with Crippen LogP contribution >= 0.6 is 0 Å². The Kier molecular flexibility index (Phi) is 4.64. The summed E-state index contributed by atoms with van der Waals surface area (Å²) < 4.78 is 46.9. The molecule has 21 heavy (non-hydrogen) atoms. The molecule has 0 saturated heterocycles. The smallest absolute Gasteiger partial charge is 0.262 e. The lowest BCUT2D eigenvalue weighted by molar-refractivity contribution is 0.414. The van der Waals surface area contributed by atoms with E-state index in [9.17, 15) is 12.6 Å². The molecule has 2 rings (SSSR count). The van der Waals surface area contributed by atoms with Crippen molar-refractivity contribution in [3.63, 3.8) is 0 Å². The van der Waals surface area contributed by atoms with Gasteiger partial charge in [0.2, 0.25) is 0 Å². The Morgan fingerprint density at radius 3 is 1.67 bits per heavy atom. The summed E-state index contributed by atoms with van der Waals surface area (Å²) in [6, 6.07) is 11.8. The molecule has 0 aromatic heterocycles. The van der Waals surface area contributed by atoms with Gasteiger partial charge < -0.3 is 9.47 Å². The van der Waals surface area contributed by atoms with Crippen molar-refractivity contribution < 1.29 is 22.1 Å². The molecule has 0 spiro atoms. The first kappa shape index (κ1) is 15.5. The molecular formula is C14H14O5S2. The lowest BCUT2D eigenvalue weighted by Crippen LogP contribution is -2.09. The van der Waals surface area contributed by atoms with Crippen LogP contribution in [0.3, 0.4) is 0 Å². The summed E-state index contributed by atoms with van der Waals surface area (Å²) in [4.78, 5) is 0.184. The highest BCUT2D eigenvalue weighted by atomic mass is 33.2. The van der Waals surface area contributed by atoms with Gasteiger partial charge in [0.25, 0.3) is 8.87 Å². The molecule has 0 radical (unpaired) electrons. The van der Waals surface area contributed by atoms with Gasteiger partial charge in [0.15, 0.2) is 9.83 Å². The van der Waals surface area contributed by atoms with Crippen molar-refractivity contribution in [2.24, 2.45) is 0 Å². The minimum atomic E-state index is -3.96. The summed E-state index contributed by atoms with van der Waals surface area (Å²) in [6.07, 6.45) is 0. The lowest BCUT2D eigenvalue weighted by Gasteiger charge is -2.06. The van der Waals surface area contributed by atoms with Gasteiger partial charge in [-0.2, -0.15) is 0 Å². The van der Waals surface area contributed by atoms with E-state index < -0.39 is 18.7 Å². The number of benzene rings is 2. The van der Waals surface area contributed by atoms with Gasteiger partial charge in [-0.05, 0) is 48.5 Å². The van der Waals surface area contributed by atoms with E-state index in [1.165, 1.54) is 50.6 Å². The Morgan fingerprint density at radius 2 is 1.24 bits per heavy atom. The quantitative estimate of drug-likeness (QED) is 0.788. The topological polar surface area (TPSA) is 69.7 Å². The first-order valence-corrected chi connectivity index (χ1v) is 9.09. The SMILES string of the molecule is COc1ccc(S(=O)S(=O)(=O)c2ccc(OC)cc2)cc1. The zero-order chi connectivity index (χ0) is 15.5. The Labute approximate surface area is 125 Å². The average molecular weight is 326 g/mol. The third kappa shape index (κ3) is 3.25. The second-order valence-electron chi connectivity index (χ2n) is 4.04. The van der Waals surface area contributed by atoms with E-state index >= 15 is 0 Å². The predicted octanol–water partition coefficient (Wildman–Crippen LogP) is 2.20. The standard InChI is InChI=1S/C14H14O5S2/c1-18-11-3-7-13(8-4-11)20(15)21(16,17)14-9-5-12(19-2)6-10-14/h3-10H,1-2H3. The molecule has 2 aromatic carbocycles. The van der Waals surface area contributed by atoms with Crippen LogP contribution in [-0.4, -0.2) is 26.8 Å². The van der Waals surface area contributed by atoms with Crippen LogP contribution in [0.4, 0.5) is 0 Å². The van der Waals surface area contributed by atoms with E-state index in [1.807, 2.05) is 0 Å². The predicted molar refractivity (Wildman–Crippen MR) is 79.6 cm³/mol. The number of methoxy groups -OCH3 is 2. The van der Waals surface area contributed by atoms with Crippen LogP contribution in [0.25, 0.3) is 0 Å². The van der Waals surface area contributed by atoms with E-state index in [-0.39, 0.29) is 9.79 Å². The van der Waals surface area contributed by atoms with E-state index in [0.29, 0.717) is 11.5 Å². The zero-order valence-corrected chi connectivity index (χ0v) is 13.1. The second-order valence-corrected chi connectivity index (χ2v) is 8.59. The zero-order valence-electron chi connectivity index (χ0n) is 11.5. The lowest BCUT2D eigenvalue weighted by atomic mass is 10.3. The molecule has 0 aliphatic heterocycles. The molecule has 0 bridgehead atoms. The van der Waals surface area contributed by atoms with Gasteiger partial charge >= 0.3 is 0 Å². The van der Waals surface area contributed by atoms with Crippen LogP contribution in [0, 0.1) is 0 Å². The first-order chi connectivity index (χ1) is 9.98. The van der Waals surface area contributed by atoms with Gasteiger partial charge in [-0.1, -0.05) is 0 Å². The molecule has 0 saturated carbocycles. The second kappa shape index (κ2) is 6.28. The minimum absolute atomic E-state index is 0.0162. The van der Waals surface area contributed by atoms with Gasteiger partial charge in [0.05, 0.1) is 24.0 Å². The maximum absolute atomic E-state index is 12.3. The van der Waals surface area contributed by atoms with Crippen molar-refractivity contribution in [2.75, 3.05) is 14.2 Å². The largest absolute Gasteiger partial charge is 0.497 e. The molecule has 0 amide bonds. The number of hydrogen-bond donors (Lipinski definition) is 0. The van der Waals surface area contributed by atoms with Crippen LogP contribution in [0.2, 0.25) is 0 Å². The monoisotopic (exact) mass is 326 g/mol. The van der Waals surface area contributed by atoms with E-state index in [1.54, 1.807) is 12.1 Å². The van der Waals surface area contributed by atoms with Crippen molar-refractivity contribution in [1.82, 2.24) is 0 Å². The summed E-state index contributed by atoms with van der Waals surface area (Å²) >= 11 is 0. The Balaban J connectivity index is 2.34. The molecular weight excluding hydrogens is 312 g/mol. The fourth-order valence-electron chi connectivity index (χ4n) is 1.64. The number of hydrogen-bond acceptors (Lipinski definition) is 5. The van der Waals surface area contributed by atoms with Crippen molar-refractivity contribution in [3.05, 3.63) is 48.5 Å². The summed E-state index contributed by atoms with van der Waals surface area (Å²) in [6.45, 7) is 0. The van der Waals surface area contributed by atoms with Crippen LogP contribution in [0.1, 0.15) is 0 Å². The van der Waals surface area contributed by atoms with Crippen molar-refractivity contribution >= 4 is 18.7 Å². The summed E-state index contributed by atoms with van der Waals surface area (Å²) in [7, 11) is -3.16. The van der Waals surface area contributed by atoms with Crippen LogP contribution < -0.4 is 9.47 Å². The maximum atomic E-state index is 12.3.